The van der Waals surface area contributed by atoms with Gasteiger partial charge in [-0.05, 0) is 24.3 Å². The molecule has 1 aromatic rings. The summed E-state index contributed by atoms with van der Waals surface area (Å²) in [6.45, 7) is -0.670. The highest BCUT2D eigenvalue weighted by molar-refractivity contribution is 5.94. The second-order valence-electron chi connectivity index (χ2n) is 3.08. The number of anilines is 1. The van der Waals surface area contributed by atoms with E-state index in [-0.39, 0.29) is 0 Å². The zero-order valence-corrected chi connectivity index (χ0v) is 7.84. The van der Waals surface area contributed by atoms with Crippen molar-refractivity contribution in [2.24, 2.45) is 0 Å². The standard InChI is InChI=1S/C9H12N2O4/c10-7-3-1-6(2-4-7)8(12)11-5-9(13,14)15/h1-4,13-15H,5,10H2,(H,11,12). The summed E-state index contributed by atoms with van der Waals surface area (Å²) in [5.74, 6) is -3.43. The van der Waals surface area contributed by atoms with Crippen molar-refractivity contribution in [3.8, 4) is 0 Å². The quantitative estimate of drug-likeness (QED) is 0.313. The van der Waals surface area contributed by atoms with Crippen LogP contribution < -0.4 is 11.1 Å². The minimum Gasteiger partial charge on any atom is -0.399 e. The SMILES string of the molecule is Nc1ccc(C(=O)NCC(O)(O)O)cc1. The van der Waals surface area contributed by atoms with Gasteiger partial charge in [-0.3, -0.25) is 4.79 Å². The van der Waals surface area contributed by atoms with E-state index in [0.29, 0.717) is 11.3 Å². The minimum atomic E-state index is -2.90. The topological polar surface area (TPSA) is 116 Å². The zero-order valence-electron chi connectivity index (χ0n) is 7.84. The van der Waals surface area contributed by atoms with E-state index in [9.17, 15) is 4.79 Å². The second kappa shape index (κ2) is 4.26. The van der Waals surface area contributed by atoms with Gasteiger partial charge in [-0.15, -0.1) is 0 Å². The van der Waals surface area contributed by atoms with E-state index in [1.165, 1.54) is 12.1 Å². The molecular formula is C9H12N2O4. The molecule has 1 aromatic carbocycles. The van der Waals surface area contributed by atoms with E-state index < -0.39 is 18.4 Å². The van der Waals surface area contributed by atoms with Crippen LogP contribution in [0.3, 0.4) is 0 Å². The molecule has 1 rings (SSSR count). The highest BCUT2D eigenvalue weighted by Gasteiger charge is 2.19. The lowest BCUT2D eigenvalue weighted by Gasteiger charge is -2.14. The Kier molecular flexibility index (Phi) is 3.25. The van der Waals surface area contributed by atoms with Gasteiger partial charge >= 0.3 is 0 Å². The smallest absolute Gasteiger partial charge is 0.293 e. The number of amides is 1. The number of aliphatic hydroxyl groups is 3. The Morgan fingerprint density at radius 2 is 1.80 bits per heavy atom. The fourth-order valence-corrected chi connectivity index (χ4v) is 0.935. The molecule has 1 amide bonds. The summed E-state index contributed by atoms with van der Waals surface area (Å²) >= 11 is 0. The molecule has 0 heterocycles. The number of carbonyl (C=O) groups is 1. The summed E-state index contributed by atoms with van der Waals surface area (Å²) in [4.78, 5) is 11.3. The normalized spacial score (nSPS) is 11.1. The van der Waals surface area contributed by atoms with Crippen LogP contribution in [0.25, 0.3) is 0 Å². The number of hydrogen-bond donors (Lipinski definition) is 5. The fourth-order valence-electron chi connectivity index (χ4n) is 0.935. The van der Waals surface area contributed by atoms with E-state index in [0.717, 1.165) is 0 Å². The van der Waals surface area contributed by atoms with Crippen molar-refractivity contribution in [1.29, 1.82) is 0 Å². The number of hydrogen-bond acceptors (Lipinski definition) is 5. The summed E-state index contributed by atoms with van der Waals surface area (Å²) in [5, 5.41) is 27.7. The highest BCUT2D eigenvalue weighted by Crippen LogP contribution is 2.05. The first-order valence-electron chi connectivity index (χ1n) is 4.19. The van der Waals surface area contributed by atoms with Gasteiger partial charge in [-0.25, -0.2) is 0 Å². The van der Waals surface area contributed by atoms with Gasteiger partial charge in [-0.2, -0.15) is 0 Å². The van der Waals surface area contributed by atoms with Gasteiger partial charge in [0, 0.05) is 11.3 Å². The molecule has 0 radical (unpaired) electrons. The number of carbonyl (C=O) groups excluding carboxylic acids is 1. The van der Waals surface area contributed by atoms with Crippen molar-refractivity contribution in [2.45, 2.75) is 5.97 Å². The Labute approximate surface area is 86.0 Å². The van der Waals surface area contributed by atoms with Crippen LogP contribution in [0.5, 0.6) is 0 Å². The molecule has 0 saturated carbocycles. The molecule has 0 aromatic heterocycles. The third kappa shape index (κ3) is 3.94. The number of nitrogens with two attached hydrogens (primary N) is 1. The average Bonchev–Trinajstić information content (AvgIpc) is 2.14. The van der Waals surface area contributed by atoms with E-state index in [2.05, 4.69) is 5.32 Å². The zero-order chi connectivity index (χ0) is 11.5. The summed E-state index contributed by atoms with van der Waals surface area (Å²) < 4.78 is 0. The predicted molar refractivity (Wildman–Crippen MR) is 52.6 cm³/mol. The summed E-state index contributed by atoms with van der Waals surface area (Å²) in [6, 6.07) is 6.05. The molecule has 0 spiro atoms. The maximum atomic E-state index is 11.3. The molecule has 6 N–H and O–H groups in total. The maximum Gasteiger partial charge on any atom is 0.293 e. The van der Waals surface area contributed by atoms with Crippen LogP contribution >= 0.6 is 0 Å². The maximum absolute atomic E-state index is 11.3. The van der Waals surface area contributed by atoms with E-state index >= 15 is 0 Å². The molecule has 0 aliphatic heterocycles. The van der Waals surface area contributed by atoms with Crippen molar-refractivity contribution >= 4 is 11.6 Å². The van der Waals surface area contributed by atoms with E-state index in [4.69, 9.17) is 21.1 Å². The number of nitrogens with one attached hydrogen (secondary N) is 1. The van der Waals surface area contributed by atoms with Crippen LogP contribution in [0.1, 0.15) is 10.4 Å². The molecule has 0 aliphatic rings. The van der Waals surface area contributed by atoms with E-state index in [1.807, 2.05) is 0 Å². The first-order valence-corrected chi connectivity index (χ1v) is 4.19. The van der Waals surface area contributed by atoms with Gasteiger partial charge in [0.05, 0.1) is 6.54 Å². The second-order valence-corrected chi connectivity index (χ2v) is 3.08. The van der Waals surface area contributed by atoms with Crippen LogP contribution in [0.4, 0.5) is 5.69 Å². The Balaban J connectivity index is 2.58. The highest BCUT2D eigenvalue weighted by atomic mass is 16.7. The minimum absolute atomic E-state index is 0.313. The first-order chi connectivity index (χ1) is 6.88. The van der Waals surface area contributed by atoms with Crippen LogP contribution in [0.15, 0.2) is 24.3 Å². The van der Waals surface area contributed by atoms with Crippen molar-refractivity contribution in [3.05, 3.63) is 29.8 Å². The monoisotopic (exact) mass is 212 g/mol. The number of benzene rings is 1. The molecule has 0 saturated heterocycles. The Hall–Kier alpha value is -1.63. The number of rotatable bonds is 3. The molecule has 0 atom stereocenters. The van der Waals surface area contributed by atoms with Gasteiger partial charge < -0.3 is 26.4 Å². The molecule has 82 valence electrons. The third-order valence-corrected chi connectivity index (χ3v) is 1.66. The van der Waals surface area contributed by atoms with Crippen molar-refractivity contribution < 1.29 is 20.1 Å². The Morgan fingerprint density at radius 1 is 1.27 bits per heavy atom. The summed E-state index contributed by atoms with van der Waals surface area (Å²) in [6.07, 6.45) is 0. The van der Waals surface area contributed by atoms with Gasteiger partial charge in [0.25, 0.3) is 11.9 Å². The molecule has 6 nitrogen and oxygen atoms in total. The van der Waals surface area contributed by atoms with Crippen molar-refractivity contribution in [1.82, 2.24) is 5.32 Å². The summed E-state index contributed by atoms with van der Waals surface area (Å²) in [5.41, 5.74) is 6.25. The van der Waals surface area contributed by atoms with Crippen LogP contribution in [0.2, 0.25) is 0 Å². The van der Waals surface area contributed by atoms with Crippen molar-refractivity contribution in [3.63, 3.8) is 0 Å². The molecule has 0 unspecified atom stereocenters. The lowest BCUT2D eigenvalue weighted by atomic mass is 10.2. The van der Waals surface area contributed by atoms with Crippen molar-refractivity contribution in [2.75, 3.05) is 12.3 Å². The van der Waals surface area contributed by atoms with Crippen LogP contribution in [-0.4, -0.2) is 33.7 Å². The van der Waals surface area contributed by atoms with Gasteiger partial charge in [0.15, 0.2) is 0 Å². The fraction of sp³-hybridized carbons (Fsp3) is 0.222. The largest absolute Gasteiger partial charge is 0.399 e. The average molecular weight is 212 g/mol. The Bertz CT molecular complexity index is 342. The lowest BCUT2D eigenvalue weighted by Crippen LogP contribution is -2.42. The molecule has 6 heteroatoms. The molecule has 0 aliphatic carbocycles. The molecule has 0 bridgehead atoms. The van der Waals surface area contributed by atoms with Gasteiger partial charge in [0.2, 0.25) is 0 Å². The third-order valence-electron chi connectivity index (χ3n) is 1.66. The first kappa shape index (κ1) is 11.4. The Morgan fingerprint density at radius 3 is 2.27 bits per heavy atom. The van der Waals surface area contributed by atoms with E-state index in [1.54, 1.807) is 12.1 Å². The van der Waals surface area contributed by atoms with Gasteiger partial charge in [-0.1, -0.05) is 0 Å². The number of nitrogen functional groups attached to an aromatic ring is 1. The molecule has 15 heavy (non-hydrogen) atoms. The summed E-state index contributed by atoms with van der Waals surface area (Å²) in [7, 11) is 0. The van der Waals surface area contributed by atoms with Crippen LogP contribution in [-0.2, 0) is 0 Å². The lowest BCUT2D eigenvalue weighted by molar-refractivity contribution is -0.305. The van der Waals surface area contributed by atoms with Crippen LogP contribution in [0, 0.1) is 0 Å². The predicted octanol–water partition coefficient (Wildman–Crippen LogP) is -1.37. The molecular weight excluding hydrogens is 200 g/mol. The van der Waals surface area contributed by atoms with Gasteiger partial charge in [0.1, 0.15) is 0 Å². The molecule has 0 fully saturated rings.